The maximum atomic E-state index is 8.77. The summed E-state index contributed by atoms with van der Waals surface area (Å²) in [6.45, 7) is 0.0865. The zero-order chi connectivity index (χ0) is 7.68. The molecule has 2 rings (SSSR count). The second kappa shape index (κ2) is 2.91. The van der Waals surface area contributed by atoms with E-state index in [0.29, 0.717) is 5.92 Å². The molecule has 1 aromatic heterocycles. The van der Waals surface area contributed by atoms with Crippen LogP contribution in [0.25, 0.3) is 0 Å². The normalized spacial score (nSPS) is 18.3. The van der Waals surface area contributed by atoms with Crippen molar-refractivity contribution in [3.63, 3.8) is 0 Å². The first-order valence-corrected chi connectivity index (χ1v) is 4.83. The third kappa shape index (κ3) is 1.30. The van der Waals surface area contributed by atoms with E-state index < -0.39 is 0 Å². The van der Waals surface area contributed by atoms with Gasteiger partial charge in [0.15, 0.2) is 0 Å². The van der Waals surface area contributed by atoms with Gasteiger partial charge in [-0.3, -0.25) is 0 Å². The fourth-order valence-electron chi connectivity index (χ4n) is 1.24. The fraction of sp³-hybridized carbons (Fsp3) is 0.625. The molecule has 0 aliphatic heterocycles. The molecule has 1 saturated carbocycles. The smallest absolute Gasteiger partial charge is 0.0960 e. The molecule has 1 N–H and O–H groups in total. The minimum Gasteiger partial charge on any atom is -0.390 e. The number of thiazole rings is 1. The maximum Gasteiger partial charge on any atom is 0.0960 e. The van der Waals surface area contributed by atoms with Crippen molar-refractivity contribution in [3.8, 4) is 0 Å². The van der Waals surface area contributed by atoms with Gasteiger partial charge in [-0.15, -0.1) is 11.3 Å². The van der Waals surface area contributed by atoms with Crippen LogP contribution in [0.1, 0.15) is 35.9 Å². The highest BCUT2D eigenvalue weighted by Crippen LogP contribution is 2.37. The quantitative estimate of drug-likeness (QED) is 0.733. The molecule has 1 aliphatic rings. The van der Waals surface area contributed by atoms with Crippen molar-refractivity contribution in [1.29, 1.82) is 0 Å². The number of aliphatic hydroxyl groups is 1. The van der Waals surface area contributed by atoms with E-state index in [4.69, 9.17) is 5.11 Å². The van der Waals surface area contributed by atoms with Crippen molar-refractivity contribution >= 4 is 11.3 Å². The minimum atomic E-state index is 0.0865. The number of aromatic nitrogens is 1. The second-order valence-electron chi connectivity index (χ2n) is 2.96. The van der Waals surface area contributed by atoms with Crippen LogP contribution in [0.3, 0.4) is 0 Å². The van der Waals surface area contributed by atoms with Gasteiger partial charge in [0.05, 0.1) is 17.3 Å². The van der Waals surface area contributed by atoms with Gasteiger partial charge in [0.2, 0.25) is 0 Å². The van der Waals surface area contributed by atoms with Gasteiger partial charge < -0.3 is 5.11 Å². The van der Waals surface area contributed by atoms with Crippen LogP contribution in [0.2, 0.25) is 0 Å². The third-order valence-corrected chi connectivity index (χ3v) is 3.24. The summed E-state index contributed by atoms with van der Waals surface area (Å²) < 4.78 is 0. The van der Waals surface area contributed by atoms with E-state index in [1.54, 1.807) is 11.3 Å². The molecule has 0 spiro atoms. The zero-order valence-electron chi connectivity index (χ0n) is 6.29. The Morgan fingerprint density at radius 2 is 2.45 bits per heavy atom. The van der Waals surface area contributed by atoms with Gasteiger partial charge in [-0.2, -0.15) is 0 Å². The lowest BCUT2D eigenvalue weighted by molar-refractivity contribution is 0.277. The molecular formula is C8H11NOS. The van der Waals surface area contributed by atoms with Gasteiger partial charge in [-0.1, -0.05) is 6.42 Å². The molecule has 0 saturated heterocycles. The molecule has 60 valence electrons. The Kier molecular flexibility index (Phi) is 1.92. The highest BCUT2D eigenvalue weighted by molar-refractivity contribution is 7.09. The molecule has 0 radical (unpaired) electrons. The van der Waals surface area contributed by atoms with Crippen molar-refractivity contribution in [1.82, 2.24) is 4.98 Å². The highest BCUT2D eigenvalue weighted by Gasteiger charge is 2.22. The lowest BCUT2D eigenvalue weighted by Gasteiger charge is -2.22. The number of nitrogens with zero attached hydrogens (tertiary/aromatic N) is 1. The van der Waals surface area contributed by atoms with Crippen molar-refractivity contribution in [2.45, 2.75) is 31.8 Å². The van der Waals surface area contributed by atoms with Crippen molar-refractivity contribution < 1.29 is 5.11 Å². The lowest BCUT2D eigenvalue weighted by atomic mass is 9.86. The van der Waals surface area contributed by atoms with Crippen molar-refractivity contribution in [2.75, 3.05) is 0 Å². The Morgan fingerprint density at radius 1 is 1.64 bits per heavy atom. The van der Waals surface area contributed by atoms with Crippen molar-refractivity contribution in [3.05, 3.63) is 16.1 Å². The molecule has 1 heterocycles. The Morgan fingerprint density at radius 3 is 2.91 bits per heavy atom. The number of aliphatic hydroxyl groups excluding tert-OH is 1. The molecule has 1 fully saturated rings. The monoisotopic (exact) mass is 169 g/mol. The van der Waals surface area contributed by atoms with Crippen molar-refractivity contribution in [2.24, 2.45) is 0 Å². The Bertz CT molecular complexity index is 242. The average Bonchev–Trinajstić information content (AvgIpc) is 2.32. The van der Waals surface area contributed by atoms with E-state index in [1.807, 2.05) is 5.38 Å². The van der Waals surface area contributed by atoms with Gasteiger partial charge in [0.25, 0.3) is 0 Å². The second-order valence-corrected chi connectivity index (χ2v) is 3.85. The molecular weight excluding hydrogens is 158 g/mol. The largest absolute Gasteiger partial charge is 0.390 e. The van der Waals surface area contributed by atoms with Gasteiger partial charge in [-0.05, 0) is 12.8 Å². The SMILES string of the molecule is OCc1csc(C2CCC2)n1. The first kappa shape index (κ1) is 7.25. The summed E-state index contributed by atoms with van der Waals surface area (Å²) in [5.41, 5.74) is 0.830. The first-order valence-electron chi connectivity index (χ1n) is 3.95. The molecule has 1 aliphatic carbocycles. The van der Waals surface area contributed by atoms with Gasteiger partial charge in [-0.25, -0.2) is 4.98 Å². The molecule has 11 heavy (non-hydrogen) atoms. The van der Waals surface area contributed by atoms with E-state index in [9.17, 15) is 0 Å². The summed E-state index contributed by atoms with van der Waals surface area (Å²) in [4.78, 5) is 4.32. The van der Waals surface area contributed by atoms with Crippen LogP contribution < -0.4 is 0 Å². The van der Waals surface area contributed by atoms with Gasteiger partial charge in [0, 0.05) is 11.3 Å². The van der Waals surface area contributed by atoms with Gasteiger partial charge in [0.1, 0.15) is 0 Å². The van der Waals surface area contributed by atoms with E-state index in [1.165, 1.54) is 24.3 Å². The maximum absolute atomic E-state index is 8.77. The molecule has 1 aromatic rings. The molecule has 0 atom stereocenters. The molecule has 0 bridgehead atoms. The summed E-state index contributed by atoms with van der Waals surface area (Å²) in [5, 5.41) is 11.9. The molecule has 0 unspecified atom stereocenters. The Labute approximate surface area is 69.9 Å². The lowest BCUT2D eigenvalue weighted by Crippen LogP contribution is -2.08. The third-order valence-electron chi connectivity index (χ3n) is 2.19. The van der Waals surface area contributed by atoms with E-state index in [-0.39, 0.29) is 6.61 Å². The highest BCUT2D eigenvalue weighted by atomic mass is 32.1. The average molecular weight is 169 g/mol. The summed E-state index contributed by atoms with van der Waals surface area (Å²) in [6.07, 6.45) is 3.93. The van der Waals surface area contributed by atoms with E-state index >= 15 is 0 Å². The summed E-state index contributed by atoms with van der Waals surface area (Å²) in [7, 11) is 0. The number of hydrogen-bond acceptors (Lipinski definition) is 3. The van der Waals surface area contributed by atoms with Crippen LogP contribution in [-0.4, -0.2) is 10.1 Å². The Hall–Kier alpha value is -0.410. The minimum absolute atomic E-state index is 0.0865. The molecule has 0 aromatic carbocycles. The van der Waals surface area contributed by atoms with Crippen LogP contribution in [0.4, 0.5) is 0 Å². The number of hydrogen-bond donors (Lipinski definition) is 1. The van der Waals surface area contributed by atoms with Crippen LogP contribution in [0.15, 0.2) is 5.38 Å². The summed E-state index contributed by atoms with van der Waals surface area (Å²) >= 11 is 1.69. The first-order chi connectivity index (χ1) is 5.40. The van der Waals surface area contributed by atoms with Crippen LogP contribution in [-0.2, 0) is 6.61 Å². The standard InChI is InChI=1S/C8H11NOS/c10-4-7-5-11-8(9-7)6-2-1-3-6/h5-6,10H,1-4H2. The number of rotatable bonds is 2. The molecule has 0 amide bonds. The fourth-order valence-corrected chi connectivity index (χ4v) is 2.22. The van der Waals surface area contributed by atoms with Gasteiger partial charge >= 0.3 is 0 Å². The Balaban J connectivity index is 2.11. The van der Waals surface area contributed by atoms with E-state index in [2.05, 4.69) is 4.98 Å². The molecule has 3 heteroatoms. The zero-order valence-corrected chi connectivity index (χ0v) is 7.10. The predicted octanol–water partition coefficient (Wildman–Crippen LogP) is 1.90. The molecule has 2 nitrogen and oxygen atoms in total. The summed E-state index contributed by atoms with van der Waals surface area (Å²) in [6, 6.07) is 0. The topological polar surface area (TPSA) is 33.1 Å². The van der Waals surface area contributed by atoms with E-state index in [0.717, 1.165) is 5.69 Å². The predicted molar refractivity (Wildman–Crippen MR) is 44.6 cm³/mol. The van der Waals surface area contributed by atoms with Crippen LogP contribution >= 0.6 is 11.3 Å². The summed E-state index contributed by atoms with van der Waals surface area (Å²) in [5.74, 6) is 0.709. The van der Waals surface area contributed by atoms with Crippen LogP contribution in [0.5, 0.6) is 0 Å². The van der Waals surface area contributed by atoms with Crippen LogP contribution in [0, 0.1) is 0 Å².